The molecule has 1 aromatic carbocycles. The highest BCUT2D eigenvalue weighted by atomic mass is 19.1. The van der Waals surface area contributed by atoms with Crippen LogP contribution in [-0.2, 0) is 4.79 Å². The lowest BCUT2D eigenvalue weighted by Crippen LogP contribution is -2.37. The average molecular weight is 312 g/mol. The Hall–Kier alpha value is -2.56. The number of hydrogen-bond acceptors (Lipinski definition) is 3. The lowest BCUT2D eigenvalue weighted by atomic mass is 9.94. The van der Waals surface area contributed by atoms with Gasteiger partial charge in [0.25, 0.3) is 5.91 Å². The lowest BCUT2D eigenvalue weighted by Gasteiger charge is -2.22. The summed E-state index contributed by atoms with van der Waals surface area (Å²) in [6.45, 7) is 0. The topological polar surface area (TPSA) is 59.1 Å². The van der Waals surface area contributed by atoms with Crippen molar-refractivity contribution in [3.63, 3.8) is 0 Å². The molecule has 1 aliphatic rings. The number of carbonyl (C=O) groups excluding carboxylic acids is 2. The fourth-order valence-electron chi connectivity index (χ4n) is 2.70. The minimum Gasteiger partial charge on any atom is -0.349 e. The summed E-state index contributed by atoms with van der Waals surface area (Å²) in [6, 6.07) is 9.59. The predicted octanol–water partition coefficient (Wildman–Crippen LogP) is 3.13. The number of Topliss-reactive ketones (excluding diaryl/α,β-unsaturated/α-hetero) is 1. The summed E-state index contributed by atoms with van der Waals surface area (Å²) in [5.41, 5.74) is 1.74. The Morgan fingerprint density at radius 3 is 2.61 bits per heavy atom. The van der Waals surface area contributed by atoms with Crippen LogP contribution in [0.15, 0.2) is 42.6 Å². The van der Waals surface area contributed by atoms with Crippen LogP contribution in [0, 0.1) is 5.82 Å². The molecule has 1 fully saturated rings. The highest BCUT2D eigenvalue weighted by Crippen LogP contribution is 2.19. The van der Waals surface area contributed by atoms with Gasteiger partial charge in [0.15, 0.2) is 0 Å². The second kappa shape index (κ2) is 6.69. The fraction of sp³-hybridized carbons (Fsp3) is 0.278. The van der Waals surface area contributed by atoms with Crippen LogP contribution in [0.4, 0.5) is 4.39 Å². The van der Waals surface area contributed by atoms with E-state index in [9.17, 15) is 14.0 Å². The number of ketones is 1. The van der Waals surface area contributed by atoms with Crippen LogP contribution < -0.4 is 5.32 Å². The first kappa shape index (κ1) is 15.3. The van der Waals surface area contributed by atoms with Gasteiger partial charge < -0.3 is 5.32 Å². The van der Waals surface area contributed by atoms with E-state index in [-0.39, 0.29) is 23.5 Å². The third-order valence-electron chi connectivity index (χ3n) is 4.02. The molecule has 1 aliphatic carbocycles. The Balaban J connectivity index is 1.67. The summed E-state index contributed by atoms with van der Waals surface area (Å²) >= 11 is 0. The Labute approximate surface area is 133 Å². The number of halogens is 1. The molecule has 0 radical (unpaired) electrons. The molecule has 1 amide bonds. The molecule has 2 aromatic rings. The van der Waals surface area contributed by atoms with E-state index in [4.69, 9.17) is 0 Å². The number of amides is 1. The van der Waals surface area contributed by atoms with E-state index >= 15 is 0 Å². The quantitative estimate of drug-likeness (QED) is 0.947. The van der Waals surface area contributed by atoms with Gasteiger partial charge in [-0.3, -0.25) is 14.6 Å². The van der Waals surface area contributed by atoms with Gasteiger partial charge in [-0.25, -0.2) is 4.39 Å². The summed E-state index contributed by atoms with van der Waals surface area (Å²) in [5, 5.41) is 2.93. The predicted molar refractivity (Wildman–Crippen MR) is 84.4 cm³/mol. The summed E-state index contributed by atoms with van der Waals surface area (Å²) in [6.07, 6.45) is 3.94. The molecular formula is C18H17FN2O2. The van der Waals surface area contributed by atoms with E-state index in [1.807, 2.05) is 0 Å². The van der Waals surface area contributed by atoms with Crippen LogP contribution in [0.5, 0.6) is 0 Å². The van der Waals surface area contributed by atoms with Crippen molar-refractivity contribution in [3.05, 3.63) is 54.0 Å². The molecule has 118 valence electrons. The Morgan fingerprint density at radius 2 is 1.96 bits per heavy atom. The first-order chi connectivity index (χ1) is 11.1. The largest absolute Gasteiger partial charge is 0.349 e. The van der Waals surface area contributed by atoms with Crippen molar-refractivity contribution in [1.29, 1.82) is 0 Å². The first-order valence-corrected chi connectivity index (χ1v) is 7.66. The van der Waals surface area contributed by atoms with E-state index in [2.05, 4.69) is 10.3 Å². The standard InChI is InChI=1S/C18H17FN2O2/c19-14-3-1-2-12(10-14)17-9-4-13(11-20-17)18(23)21-15-5-7-16(22)8-6-15/h1-4,9-11,15H,5-8H2,(H,21,23). The molecule has 4 nitrogen and oxygen atoms in total. The van der Waals surface area contributed by atoms with E-state index < -0.39 is 0 Å². The van der Waals surface area contributed by atoms with Gasteiger partial charge in [-0.05, 0) is 37.1 Å². The van der Waals surface area contributed by atoms with E-state index in [0.717, 1.165) is 0 Å². The summed E-state index contributed by atoms with van der Waals surface area (Å²) in [5.74, 6) is -0.253. The van der Waals surface area contributed by atoms with Crippen LogP contribution in [-0.4, -0.2) is 22.7 Å². The van der Waals surface area contributed by atoms with E-state index in [1.165, 1.54) is 18.3 Å². The maximum Gasteiger partial charge on any atom is 0.253 e. The number of nitrogens with zero attached hydrogens (tertiary/aromatic N) is 1. The molecule has 23 heavy (non-hydrogen) atoms. The van der Waals surface area contributed by atoms with Gasteiger partial charge in [0.2, 0.25) is 0 Å². The lowest BCUT2D eigenvalue weighted by molar-refractivity contribution is -0.120. The molecule has 5 heteroatoms. The highest BCUT2D eigenvalue weighted by molar-refractivity contribution is 5.94. The second-order valence-corrected chi connectivity index (χ2v) is 5.73. The number of hydrogen-bond donors (Lipinski definition) is 1. The van der Waals surface area contributed by atoms with Crippen LogP contribution in [0.25, 0.3) is 11.3 Å². The van der Waals surface area contributed by atoms with E-state index in [0.29, 0.717) is 42.5 Å². The number of carbonyl (C=O) groups is 2. The number of rotatable bonds is 3. The number of aromatic nitrogens is 1. The maximum absolute atomic E-state index is 13.2. The third-order valence-corrected chi connectivity index (χ3v) is 4.02. The molecule has 0 spiro atoms. The second-order valence-electron chi connectivity index (χ2n) is 5.73. The molecule has 1 saturated carbocycles. The Kier molecular flexibility index (Phi) is 4.46. The highest BCUT2D eigenvalue weighted by Gasteiger charge is 2.20. The van der Waals surface area contributed by atoms with Gasteiger partial charge in [0.1, 0.15) is 11.6 Å². The van der Waals surface area contributed by atoms with Gasteiger partial charge in [-0.1, -0.05) is 12.1 Å². The van der Waals surface area contributed by atoms with Crippen molar-refractivity contribution in [1.82, 2.24) is 10.3 Å². The molecule has 0 bridgehead atoms. The molecule has 0 atom stereocenters. The van der Waals surface area contributed by atoms with Crippen molar-refractivity contribution in [2.45, 2.75) is 31.7 Å². The van der Waals surface area contributed by atoms with Crippen molar-refractivity contribution < 1.29 is 14.0 Å². The monoisotopic (exact) mass is 312 g/mol. The van der Waals surface area contributed by atoms with Crippen molar-refractivity contribution in [3.8, 4) is 11.3 Å². The summed E-state index contributed by atoms with van der Waals surface area (Å²) in [7, 11) is 0. The van der Waals surface area contributed by atoms with Crippen molar-refractivity contribution in [2.24, 2.45) is 0 Å². The van der Waals surface area contributed by atoms with Crippen molar-refractivity contribution >= 4 is 11.7 Å². The summed E-state index contributed by atoms with van der Waals surface area (Å²) in [4.78, 5) is 27.6. The molecule has 0 unspecified atom stereocenters. The van der Waals surface area contributed by atoms with Gasteiger partial charge in [-0.15, -0.1) is 0 Å². The molecular weight excluding hydrogens is 295 g/mol. The van der Waals surface area contributed by atoms with E-state index in [1.54, 1.807) is 24.3 Å². The number of benzene rings is 1. The summed E-state index contributed by atoms with van der Waals surface area (Å²) < 4.78 is 13.2. The molecule has 1 N–H and O–H groups in total. The Morgan fingerprint density at radius 1 is 1.17 bits per heavy atom. The van der Waals surface area contributed by atoms with Crippen molar-refractivity contribution in [2.75, 3.05) is 0 Å². The van der Waals surface area contributed by atoms with Gasteiger partial charge >= 0.3 is 0 Å². The first-order valence-electron chi connectivity index (χ1n) is 7.66. The minimum absolute atomic E-state index is 0.0445. The smallest absolute Gasteiger partial charge is 0.253 e. The van der Waals surface area contributed by atoms with Crippen LogP contribution in [0.3, 0.4) is 0 Å². The molecule has 0 aliphatic heterocycles. The van der Waals surface area contributed by atoms with Crippen LogP contribution in [0.1, 0.15) is 36.0 Å². The maximum atomic E-state index is 13.2. The zero-order valence-corrected chi connectivity index (χ0v) is 12.6. The number of pyridine rings is 1. The van der Waals surface area contributed by atoms with Crippen LogP contribution in [0.2, 0.25) is 0 Å². The van der Waals surface area contributed by atoms with Crippen LogP contribution >= 0.6 is 0 Å². The zero-order chi connectivity index (χ0) is 16.2. The Bertz CT molecular complexity index is 718. The van der Waals surface area contributed by atoms with Gasteiger partial charge in [-0.2, -0.15) is 0 Å². The SMILES string of the molecule is O=C1CCC(NC(=O)c2ccc(-c3cccc(F)c3)nc2)CC1. The molecule has 3 rings (SSSR count). The average Bonchev–Trinajstić information content (AvgIpc) is 2.57. The number of nitrogens with one attached hydrogen (secondary N) is 1. The fourth-order valence-corrected chi connectivity index (χ4v) is 2.70. The third kappa shape index (κ3) is 3.80. The minimum atomic E-state index is -0.321. The van der Waals surface area contributed by atoms with Gasteiger partial charge in [0, 0.05) is 30.6 Å². The zero-order valence-electron chi connectivity index (χ0n) is 12.6. The molecule has 1 aromatic heterocycles. The molecule has 1 heterocycles. The van der Waals surface area contributed by atoms with Gasteiger partial charge in [0.05, 0.1) is 11.3 Å². The molecule has 0 saturated heterocycles. The normalized spacial score (nSPS) is 15.4.